The summed E-state index contributed by atoms with van der Waals surface area (Å²) in [5.41, 5.74) is 0.0702. The Kier molecular flexibility index (Phi) is 5.66. The van der Waals surface area contributed by atoms with Crippen molar-refractivity contribution in [3.63, 3.8) is 0 Å². The molecule has 1 aliphatic rings. The van der Waals surface area contributed by atoms with Crippen LogP contribution in [-0.2, 0) is 6.42 Å². The molecule has 1 aromatic rings. The number of nitrogens with one attached hydrogen (secondary N) is 1. The van der Waals surface area contributed by atoms with Gasteiger partial charge in [0.05, 0.1) is 5.01 Å². The van der Waals surface area contributed by atoms with Gasteiger partial charge in [0, 0.05) is 37.2 Å². The number of carboxylic acids is 1. The molecule has 2 rings (SSSR count). The van der Waals surface area contributed by atoms with Gasteiger partial charge in [0.25, 0.3) is 0 Å². The van der Waals surface area contributed by atoms with E-state index in [1.165, 1.54) is 16.7 Å². The molecule has 110 valence electrons. The molecule has 0 aromatic carbocycles. The van der Waals surface area contributed by atoms with Gasteiger partial charge >= 0.3 is 12.0 Å². The number of aromatic carboxylic acids is 1. The molecule has 2 amide bonds. The SMILES string of the molecule is O=C(O)c1csc(CCNC(=O)N2CCCSCC2)n1. The average Bonchev–Trinajstić information content (AvgIpc) is 2.73. The molecule has 1 aliphatic heterocycles. The van der Waals surface area contributed by atoms with Crippen molar-refractivity contribution < 1.29 is 14.7 Å². The third-order valence-corrected chi connectivity index (χ3v) is 4.85. The van der Waals surface area contributed by atoms with E-state index in [2.05, 4.69) is 10.3 Å². The molecule has 0 atom stereocenters. The molecule has 0 radical (unpaired) electrons. The monoisotopic (exact) mass is 315 g/mol. The molecule has 6 nitrogen and oxygen atoms in total. The number of carboxylic acid groups (broad SMARTS) is 1. The van der Waals surface area contributed by atoms with Crippen LogP contribution in [0.3, 0.4) is 0 Å². The Balaban J connectivity index is 1.74. The molecule has 2 N–H and O–H groups in total. The maximum Gasteiger partial charge on any atom is 0.355 e. The summed E-state index contributed by atoms with van der Waals surface area (Å²) in [4.78, 5) is 28.5. The van der Waals surface area contributed by atoms with Gasteiger partial charge in [-0.25, -0.2) is 14.6 Å². The number of rotatable bonds is 4. The van der Waals surface area contributed by atoms with Gasteiger partial charge in [-0.05, 0) is 12.2 Å². The number of carbonyl (C=O) groups is 2. The Morgan fingerprint density at radius 1 is 1.40 bits per heavy atom. The number of amides is 2. The molecule has 0 saturated carbocycles. The van der Waals surface area contributed by atoms with Gasteiger partial charge in [-0.3, -0.25) is 0 Å². The van der Waals surface area contributed by atoms with E-state index in [1.807, 2.05) is 16.7 Å². The summed E-state index contributed by atoms with van der Waals surface area (Å²) in [5, 5.41) is 13.9. The minimum Gasteiger partial charge on any atom is -0.476 e. The Labute approximate surface area is 125 Å². The van der Waals surface area contributed by atoms with Crippen molar-refractivity contribution in [2.24, 2.45) is 0 Å². The molecule has 1 saturated heterocycles. The molecule has 20 heavy (non-hydrogen) atoms. The fourth-order valence-electron chi connectivity index (χ4n) is 1.86. The second kappa shape index (κ2) is 7.49. The van der Waals surface area contributed by atoms with Crippen LogP contribution in [0, 0.1) is 0 Å². The van der Waals surface area contributed by atoms with Crippen LogP contribution in [0.25, 0.3) is 0 Å². The number of thiazole rings is 1. The maximum absolute atomic E-state index is 11.9. The number of carbonyl (C=O) groups excluding carboxylic acids is 1. The summed E-state index contributed by atoms with van der Waals surface area (Å²) in [6, 6.07) is -0.0393. The summed E-state index contributed by atoms with van der Waals surface area (Å²) in [7, 11) is 0. The van der Waals surface area contributed by atoms with Gasteiger partial charge in [-0.15, -0.1) is 11.3 Å². The predicted octanol–water partition coefficient (Wildman–Crippen LogP) is 1.53. The lowest BCUT2D eigenvalue weighted by Crippen LogP contribution is -2.41. The molecule has 1 aromatic heterocycles. The van der Waals surface area contributed by atoms with Crippen molar-refractivity contribution in [3.05, 3.63) is 16.1 Å². The highest BCUT2D eigenvalue weighted by molar-refractivity contribution is 7.99. The minimum absolute atomic E-state index is 0.0393. The third-order valence-electron chi connectivity index (χ3n) is 2.90. The van der Waals surface area contributed by atoms with Crippen molar-refractivity contribution >= 4 is 35.1 Å². The zero-order chi connectivity index (χ0) is 14.4. The molecule has 0 spiro atoms. The summed E-state index contributed by atoms with van der Waals surface area (Å²) in [6.45, 7) is 2.07. The number of hydrogen-bond acceptors (Lipinski definition) is 5. The van der Waals surface area contributed by atoms with Crippen LogP contribution in [-0.4, -0.2) is 58.1 Å². The molecule has 8 heteroatoms. The lowest BCUT2D eigenvalue weighted by Gasteiger charge is -2.20. The smallest absolute Gasteiger partial charge is 0.355 e. The summed E-state index contributed by atoms with van der Waals surface area (Å²) < 4.78 is 0. The average molecular weight is 315 g/mol. The maximum atomic E-state index is 11.9. The van der Waals surface area contributed by atoms with Gasteiger partial charge in [-0.2, -0.15) is 11.8 Å². The first kappa shape index (κ1) is 15.1. The van der Waals surface area contributed by atoms with Crippen LogP contribution in [0.2, 0.25) is 0 Å². The second-order valence-corrected chi connectivity index (χ2v) is 6.53. The van der Waals surface area contributed by atoms with Gasteiger partial charge in [0.15, 0.2) is 5.69 Å². The van der Waals surface area contributed by atoms with Crippen molar-refractivity contribution in [1.82, 2.24) is 15.2 Å². The van der Waals surface area contributed by atoms with Crippen LogP contribution in [0.5, 0.6) is 0 Å². The zero-order valence-electron chi connectivity index (χ0n) is 11.0. The predicted molar refractivity (Wildman–Crippen MR) is 79.7 cm³/mol. The fourth-order valence-corrected chi connectivity index (χ4v) is 3.52. The van der Waals surface area contributed by atoms with Crippen molar-refractivity contribution in [2.75, 3.05) is 31.1 Å². The first-order valence-corrected chi connectivity index (χ1v) is 8.48. The Morgan fingerprint density at radius 3 is 3.00 bits per heavy atom. The number of urea groups is 1. The van der Waals surface area contributed by atoms with E-state index in [0.717, 1.165) is 36.0 Å². The standard InChI is InChI=1S/C12H17N3O3S2/c16-11(17)9-8-20-10(14-9)2-3-13-12(18)15-4-1-6-19-7-5-15/h8H,1-7H2,(H,13,18)(H,16,17). The highest BCUT2D eigenvalue weighted by Crippen LogP contribution is 2.11. The van der Waals surface area contributed by atoms with E-state index < -0.39 is 5.97 Å². The van der Waals surface area contributed by atoms with Gasteiger partial charge in [0.2, 0.25) is 0 Å². The van der Waals surface area contributed by atoms with Crippen LogP contribution in [0.1, 0.15) is 21.9 Å². The number of thioether (sulfide) groups is 1. The van der Waals surface area contributed by atoms with Crippen LogP contribution < -0.4 is 5.32 Å². The van der Waals surface area contributed by atoms with E-state index in [0.29, 0.717) is 13.0 Å². The molecule has 0 unspecified atom stereocenters. The number of nitrogens with zero attached hydrogens (tertiary/aromatic N) is 2. The fraction of sp³-hybridized carbons (Fsp3) is 0.583. The Bertz CT molecular complexity index is 470. The second-order valence-electron chi connectivity index (χ2n) is 4.37. The number of hydrogen-bond donors (Lipinski definition) is 2. The van der Waals surface area contributed by atoms with E-state index in [4.69, 9.17) is 5.11 Å². The van der Waals surface area contributed by atoms with Crippen LogP contribution in [0.4, 0.5) is 4.79 Å². The van der Waals surface area contributed by atoms with Gasteiger partial charge < -0.3 is 15.3 Å². The summed E-state index contributed by atoms with van der Waals surface area (Å²) in [5.74, 6) is 1.08. The van der Waals surface area contributed by atoms with Gasteiger partial charge in [0.1, 0.15) is 0 Å². The van der Waals surface area contributed by atoms with E-state index >= 15 is 0 Å². The van der Waals surface area contributed by atoms with Crippen molar-refractivity contribution in [2.45, 2.75) is 12.8 Å². The van der Waals surface area contributed by atoms with E-state index in [1.54, 1.807) is 0 Å². The van der Waals surface area contributed by atoms with Crippen molar-refractivity contribution in [3.8, 4) is 0 Å². The quantitative estimate of drug-likeness (QED) is 0.880. The third kappa shape index (κ3) is 4.38. The summed E-state index contributed by atoms with van der Waals surface area (Å²) >= 11 is 3.19. The molecule has 1 fully saturated rings. The Hall–Kier alpha value is -1.28. The normalized spacial score (nSPS) is 15.7. The molecular formula is C12H17N3O3S2. The van der Waals surface area contributed by atoms with E-state index in [-0.39, 0.29) is 11.7 Å². The first-order valence-electron chi connectivity index (χ1n) is 6.45. The first-order chi connectivity index (χ1) is 9.66. The molecule has 0 bridgehead atoms. The van der Waals surface area contributed by atoms with Crippen LogP contribution >= 0.6 is 23.1 Å². The largest absolute Gasteiger partial charge is 0.476 e. The topological polar surface area (TPSA) is 82.5 Å². The lowest BCUT2D eigenvalue weighted by atomic mass is 10.4. The number of aromatic nitrogens is 1. The minimum atomic E-state index is -1.02. The zero-order valence-corrected chi connectivity index (χ0v) is 12.6. The summed E-state index contributed by atoms with van der Waals surface area (Å²) in [6.07, 6.45) is 1.60. The van der Waals surface area contributed by atoms with E-state index in [9.17, 15) is 9.59 Å². The van der Waals surface area contributed by atoms with Crippen molar-refractivity contribution in [1.29, 1.82) is 0 Å². The highest BCUT2D eigenvalue weighted by atomic mass is 32.2. The Morgan fingerprint density at radius 2 is 2.25 bits per heavy atom. The molecular weight excluding hydrogens is 298 g/mol. The highest BCUT2D eigenvalue weighted by Gasteiger charge is 2.15. The molecule has 2 heterocycles. The van der Waals surface area contributed by atoms with Gasteiger partial charge in [-0.1, -0.05) is 0 Å². The molecule has 0 aliphatic carbocycles. The van der Waals surface area contributed by atoms with Crippen LogP contribution in [0.15, 0.2) is 5.38 Å². The lowest BCUT2D eigenvalue weighted by molar-refractivity contribution is 0.0691.